The molecule has 0 bridgehead atoms. The number of hydrogen-bond donors (Lipinski definition) is 1. The maximum absolute atomic E-state index is 5.55. The van der Waals surface area contributed by atoms with Crippen molar-refractivity contribution in [2.75, 3.05) is 5.73 Å². The van der Waals surface area contributed by atoms with Gasteiger partial charge in [0.2, 0.25) is 5.95 Å². The van der Waals surface area contributed by atoms with E-state index in [0.29, 0.717) is 12.4 Å². The molecule has 2 heterocycles. The van der Waals surface area contributed by atoms with E-state index in [9.17, 15) is 0 Å². The number of nitrogens with two attached hydrogens (primary N) is 1. The Morgan fingerprint density at radius 3 is 2.83 bits per heavy atom. The maximum atomic E-state index is 5.55. The Morgan fingerprint density at radius 1 is 1.33 bits per heavy atom. The number of ether oxygens (including phenoxy) is 2. The quantitative estimate of drug-likeness (QED) is 0.802. The van der Waals surface area contributed by atoms with Crippen molar-refractivity contribution in [1.82, 2.24) is 19.5 Å². The van der Waals surface area contributed by atoms with Crippen LogP contribution in [0.5, 0.6) is 0 Å². The van der Waals surface area contributed by atoms with Gasteiger partial charge >= 0.3 is 0 Å². The smallest absolute Gasteiger partial charge is 0.222 e. The molecule has 0 amide bonds. The van der Waals surface area contributed by atoms with Crippen LogP contribution in [-0.2, 0) is 16.2 Å². The molecule has 0 spiro atoms. The van der Waals surface area contributed by atoms with Crippen LogP contribution >= 0.6 is 0 Å². The molecule has 1 atom stereocenters. The summed E-state index contributed by atoms with van der Waals surface area (Å²) in [4.78, 5) is 12.1. The monoisotopic (exact) mass is 251 g/mol. The lowest BCUT2D eigenvalue weighted by Gasteiger charge is -2.16. The van der Waals surface area contributed by atoms with Crippen molar-refractivity contribution in [1.29, 1.82) is 0 Å². The van der Waals surface area contributed by atoms with E-state index in [1.54, 1.807) is 17.1 Å². The molecule has 7 nitrogen and oxygen atoms in total. The van der Waals surface area contributed by atoms with E-state index in [2.05, 4.69) is 15.0 Å². The van der Waals surface area contributed by atoms with Gasteiger partial charge in [-0.25, -0.2) is 9.97 Å². The molecule has 0 aliphatic heterocycles. The molecule has 98 valence electrons. The molecular formula is C11H17N5O2. The minimum atomic E-state index is -0.280. The van der Waals surface area contributed by atoms with Crippen molar-refractivity contribution in [3.8, 4) is 0 Å². The predicted molar refractivity (Wildman–Crippen MR) is 66.5 cm³/mol. The lowest BCUT2D eigenvalue weighted by Crippen LogP contribution is -2.19. The van der Waals surface area contributed by atoms with E-state index in [4.69, 9.17) is 15.2 Å². The highest BCUT2D eigenvalue weighted by atomic mass is 16.7. The van der Waals surface area contributed by atoms with Gasteiger partial charge in [-0.1, -0.05) is 0 Å². The number of nitrogens with zero attached hydrogens (tertiary/aromatic N) is 4. The third kappa shape index (κ3) is 2.93. The van der Waals surface area contributed by atoms with Crippen LogP contribution in [0.1, 0.15) is 20.8 Å². The number of imidazole rings is 1. The van der Waals surface area contributed by atoms with Gasteiger partial charge in [0.05, 0.1) is 18.6 Å². The number of fused-ring (bicyclic) bond motifs is 1. The van der Waals surface area contributed by atoms with Crippen LogP contribution in [0.4, 0.5) is 5.95 Å². The number of hydrogen-bond acceptors (Lipinski definition) is 6. The summed E-state index contributed by atoms with van der Waals surface area (Å²) in [5.74, 6) is 0.213. The van der Waals surface area contributed by atoms with Crippen molar-refractivity contribution < 1.29 is 9.47 Å². The van der Waals surface area contributed by atoms with Crippen LogP contribution in [0.15, 0.2) is 12.5 Å². The van der Waals surface area contributed by atoms with E-state index in [1.807, 2.05) is 20.8 Å². The number of aromatic nitrogens is 4. The summed E-state index contributed by atoms with van der Waals surface area (Å²) in [6.07, 6.45) is 3.11. The zero-order valence-electron chi connectivity index (χ0n) is 10.7. The summed E-state index contributed by atoms with van der Waals surface area (Å²) in [7, 11) is 0. The molecule has 0 fully saturated rings. The highest BCUT2D eigenvalue weighted by molar-refractivity contribution is 5.70. The van der Waals surface area contributed by atoms with Gasteiger partial charge < -0.3 is 19.8 Å². The van der Waals surface area contributed by atoms with Gasteiger partial charge in [0, 0.05) is 0 Å². The van der Waals surface area contributed by atoms with Crippen molar-refractivity contribution in [3.63, 3.8) is 0 Å². The maximum Gasteiger partial charge on any atom is 0.222 e. The first-order valence-corrected chi connectivity index (χ1v) is 5.76. The molecule has 2 aromatic heterocycles. The van der Waals surface area contributed by atoms with Crippen LogP contribution in [0, 0.1) is 0 Å². The lowest BCUT2D eigenvalue weighted by molar-refractivity contribution is -0.169. The average molecular weight is 251 g/mol. The minimum absolute atomic E-state index is 0.127. The van der Waals surface area contributed by atoms with Gasteiger partial charge in [-0.05, 0) is 20.8 Å². The van der Waals surface area contributed by atoms with Gasteiger partial charge in [0.1, 0.15) is 12.2 Å². The van der Waals surface area contributed by atoms with Crippen LogP contribution < -0.4 is 5.73 Å². The Hall–Kier alpha value is -1.73. The molecular weight excluding hydrogens is 234 g/mol. The summed E-state index contributed by atoms with van der Waals surface area (Å²) < 4.78 is 12.8. The van der Waals surface area contributed by atoms with Gasteiger partial charge in [-0.15, -0.1) is 0 Å². The molecule has 0 aliphatic rings. The topological polar surface area (TPSA) is 88.1 Å². The molecule has 2 aromatic rings. The number of nitrogen functional groups attached to an aromatic ring is 1. The molecule has 0 radical (unpaired) electrons. The Labute approximate surface area is 105 Å². The van der Waals surface area contributed by atoms with Crippen LogP contribution in [0.25, 0.3) is 11.2 Å². The molecule has 18 heavy (non-hydrogen) atoms. The third-order valence-electron chi connectivity index (χ3n) is 2.31. The molecule has 0 aromatic carbocycles. The fourth-order valence-corrected chi connectivity index (χ4v) is 1.57. The second kappa shape index (κ2) is 5.28. The predicted octanol–water partition coefficient (Wildman–Crippen LogP) is 1.15. The highest BCUT2D eigenvalue weighted by Crippen LogP contribution is 2.11. The average Bonchev–Trinajstić information content (AvgIpc) is 2.67. The van der Waals surface area contributed by atoms with Crippen LogP contribution in [-0.4, -0.2) is 31.9 Å². The Balaban J connectivity index is 2.04. The largest absolute Gasteiger partial charge is 0.368 e. The van der Waals surface area contributed by atoms with E-state index < -0.39 is 0 Å². The van der Waals surface area contributed by atoms with Crippen molar-refractivity contribution in [3.05, 3.63) is 12.5 Å². The van der Waals surface area contributed by atoms with E-state index in [-0.39, 0.29) is 18.3 Å². The van der Waals surface area contributed by atoms with Gasteiger partial charge in [0.15, 0.2) is 11.9 Å². The van der Waals surface area contributed by atoms with Crippen molar-refractivity contribution >= 4 is 17.1 Å². The van der Waals surface area contributed by atoms with Crippen molar-refractivity contribution in [2.24, 2.45) is 0 Å². The molecule has 0 saturated heterocycles. The Morgan fingerprint density at radius 2 is 2.11 bits per heavy atom. The highest BCUT2D eigenvalue weighted by Gasteiger charge is 2.08. The SMILES string of the molecule is CC(C)OC(C)OCn1cnc2nc(N)ncc21. The number of rotatable bonds is 5. The zero-order chi connectivity index (χ0) is 13.1. The Bertz CT molecular complexity index is 525. The fraction of sp³-hybridized carbons (Fsp3) is 0.545. The number of anilines is 1. The first-order chi connectivity index (χ1) is 8.56. The third-order valence-corrected chi connectivity index (χ3v) is 2.31. The molecule has 0 aliphatic carbocycles. The van der Waals surface area contributed by atoms with Gasteiger partial charge in [-0.2, -0.15) is 4.98 Å². The van der Waals surface area contributed by atoms with E-state index >= 15 is 0 Å². The summed E-state index contributed by atoms with van der Waals surface area (Å²) >= 11 is 0. The second-order valence-electron chi connectivity index (χ2n) is 4.20. The van der Waals surface area contributed by atoms with Gasteiger partial charge in [0.25, 0.3) is 0 Å². The van der Waals surface area contributed by atoms with E-state index in [1.165, 1.54) is 0 Å². The standard InChI is InChI=1S/C11H17N5O2/c1-7(2)18-8(3)17-6-16-5-14-10-9(16)4-13-11(12)15-10/h4-5,7-8H,6H2,1-3H3,(H2,12,13,15). The molecule has 2 N–H and O–H groups in total. The van der Waals surface area contributed by atoms with Gasteiger partial charge in [-0.3, -0.25) is 0 Å². The lowest BCUT2D eigenvalue weighted by atomic mass is 10.5. The minimum Gasteiger partial charge on any atom is -0.368 e. The summed E-state index contributed by atoms with van der Waals surface area (Å²) in [6.45, 7) is 6.11. The van der Waals surface area contributed by atoms with Crippen molar-refractivity contribution in [2.45, 2.75) is 39.9 Å². The van der Waals surface area contributed by atoms with Crippen LogP contribution in [0.2, 0.25) is 0 Å². The first kappa shape index (κ1) is 12.7. The first-order valence-electron chi connectivity index (χ1n) is 5.76. The normalized spacial score (nSPS) is 13.3. The molecule has 1 unspecified atom stereocenters. The zero-order valence-corrected chi connectivity index (χ0v) is 10.7. The summed E-state index contributed by atoms with van der Waals surface area (Å²) in [5.41, 5.74) is 6.82. The fourth-order valence-electron chi connectivity index (χ4n) is 1.57. The van der Waals surface area contributed by atoms with E-state index in [0.717, 1.165) is 5.52 Å². The molecule has 7 heteroatoms. The molecule has 2 rings (SSSR count). The summed E-state index contributed by atoms with van der Waals surface area (Å²) in [6, 6.07) is 0. The Kier molecular flexibility index (Phi) is 3.73. The summed E-state index contributed by atoms with van der Waals surface area (Å²) in [5, 5.41) is 0. The second-order valence-corrected chi connectivity index (χ2v) is 4.20. The van der Waals surface area contributed by atoms with Crippen LogP contribution in [0.3, 0.4) is 0 Å². The molecule has 0 saturated carbocycles.